The van der Waals surface area contributed by atoms with Crippen LogP contribution in [0.4, 0.5) is 4.39 Å². The molecule has 1 atom stereocenters. The zero-order chi connectivity index (χ0) is 11.7. The molecule has 0 aliphatic rings. The van der Waals surface area contributed by atoms with Gasteiger partial charge in [-0.3, -0.25) is 0 Å². The zero-order valence-electron chi connectivity index (χ0n) is 8.69. The Kier molecular flexibility index (Phi) is 3.07. The average molecular weight is 284 g/mol. The molecule has 0 bridgehead atoms. The molecular formula is C11H11BrFN3. The molecule has 5 heteroatoms. The molecule has 1 heterocycles. The van der Waals surface area contributed by atoms with Crippen LogP contribution >= 0.6 is 15.9 Å². The summed E-state index contributed by atoms with van der Waals surface area (Å²) in [6.45, 7) is 1.88. The Bertz CT molecular complexity index is 508. The van der Waals surface area contributed by atoms with Gasteiger partial charge in [0.2, 0.25) is 0 Å². The largest absolute Gasteiger partial charge is 0.323 e. The van der Waals surface area contributed by atoms with E-state index < -0.39 is 0 Å². The third-order valence-electron chi connectivity index (χ3n) is 2.30. The van der Waals surface area contributed by atoms with Crippen LogP contribution in [0, 0.1) is 5.82 Å². The van der Waals surface area contributed by atoms with Gasteiger partial charge in [0.25, 0.3) is 0 Å². The van der Waals surface area contributed by atoms with Gasteiger partial charge in [-0.2, -0.15) is 0 Å². The highest BCUT2D eigenvalue weighted by Gasteiger charge is 2.11. The van der Waals surface area contributed by atoms with Crippen molar-refractivity contribution >= 4 is 15.9 Å². The third-order valence-corrected chi connectivity index (χ3v) is 2.94. The molecule has 3 nitrogen and oxygen atoms in total. The third kappa shape index (κ3) is 2.01. The lowest BCUT2D eigenvalue weighted by molar-refractivity contribution is 0.626. The smallest absolute Gasteiger partial charge is 0.124 e. The van der Waals surface area contributed by atoms with Crippen LogP contribution in [-0.4, -0.2) is 9.55 Å². The fraction of sp³-hybridized carbons (Fsp3) is 0.182. The first-order chi connectivity index (χ1) is 7.59. The monoisotopic (exact) mass is 283 g/mol. The fourth-order valence-corrected chi connectivity index (χ4v) is 2.06. The molecule has 2 N–H and O–H groups in total. The van der Waals surface area contributed by atoms with Gasteiger partial charge in [-0.15, -0.1) is 0 Å². The van der Waals surface area contributed by atoms with Crippen LogP contribution < -0.4 is 5.73 Å². The van der Waals surface area contributed by atoms with Gasteiger partial charge < -0.3 is 10.3 Å². The highest BCUT2D eigenvalue weighted by atomic mass is 79.9. The first kappa shape index (κ1) is 11.3. The van der Waals surface area contributed by atoms with Crippen molar-refractivity contribution in [1.29, 1.82) is 0 Å². The first-order valence-corrected chi connectivity index (χ1v) is 5.62. The van der Waals surface area contributed by atoms with E-state index in [1.54, 1.807) is 18.6 Å². The van der Waals surface area contributed by atoms with Crippen molar-refractivity contribution in [3.63, 3.8) is 0 Å². The Morgan fingerprint density at radius 1 is 1.50 bits per heavy atom. The van der Waals surface area contributed by atoms with Crippen LogP contribution in [0.3, 0.4) is 0 Å². The number of aromatic nitrogens is 2. The lowest BCUT2D eigenvalue weighted by Gasteiger charge is -2.12. The number of rotatable bonds is 2. The highest BCUT2D eigenvalue weighted by molar-refractivity contribution is 9.10. The molecule has 1 aromatic heterocycles. The molecule has 1 aromatic carbocycles. The number of halogens is 2. The summed E-state index contributed by atoms with van der Waals surface area (Å²) in [6.07, 6.45) is 3.37. The van der Waals surface area contributed by atoms with E-state index in [-0.39, 0.29) is 11.9 Å². The van der Waals surface area contributed by atoms with E-state index >= 15 is 0 Å². The minimum atomic E-state index is -0.280. The second-order valence-electron chi connectivity index (χ2n) is 3.57. The quantitative estimate of drug-likeness (QED) is 0.921. The predicted molar refractivity (Wildman–Crippen MR) is 63.8 cm³/mol. The summed E-state index contributed by atoms with van der Waals surface area (Å²) < 4.78 is 15.5. The minimum absolute atomic E-state index is 0.126. The SMILES string of the molecule is C[C@@H](N)c1cncn1-c1ccc(F)cc1Br. The molecule has 16 heavy (non-hydrogen) atoms. The number of hydrogen-bond donors (Lipinski definition) is 1. The van der Waals surface area contributed by atoms with Gasteiger partial charge in [-0.1, -0.05) is 0 Å². The minimum Gasteiger partial charge on any atom is -0.323 e. The second-order valence-corrected chi connectivity index (χ2v) is 4.43. The van der Waals surface area contributed by atoms with E-state index in [0.29, 0.717) is 4.47 Å². The number of nitrogens with zero attached hydrogens (tertiary/aromatic N) is 2. The van der Waals surface area contributed by atoms with Gasteiger partial charge in [0.05, 0.1) is 23.9 Å². The summed E-state index contributed by atoms with van der Waals surface area (Å²) in [4.78, 5) is 4.05. The number of benzene rings is 1. The Morgan fingerprint density at radius 3 is 2.88 bits per heavy atom. The summed E-state index contributed by atoms with van der Waals surface area (Å²) in [5, 5.41) is 0. The standard InChI is InChI=1S/C11H11BrFN3/c1-7(14)11-5-15-6-16(11)10-3-2-8(13)4-9(10)12/h2-7H,14H2,1H3/t7-/m1/s1. The molecule has 0 aliphatic carbocycles. The van der Waals surface area contributed by atoms with Crippen LogP contribution in [0.15, 0.2) is 35.2 Å². The summed E-state index contributed by atoms with van der Waals surface area (Å²) in [5.74, 6) is -0.280. The van der Waals surface area contributed by atoms with E-state index in [4.69, 9.17) is 5.73 Å². The maximum Gasteiger partial charge on any atom is 0.124 e. The zero-order valence-corrected chi connectivity index (χ0v) is 10.3. The van der Waals surface area contributed by atoms with Crippen molar-refractivity contribution in [1.82, 2.24) is 9.55 Å². The van der Waals surface area contributed by atoms with E-state index in [9.17, 15) is 4.39 Å². The van der Waals surface area contributed by atoms with Crippen LogP contribution in [0.25, 0.3) is 5.69 Å². The molecule has 0 aliphatic heterocycles. The Balaban J connectivity index is 2.54. The van der Waals surface area contributed by atoms with Gasteiger partial charge in [-0.25, -0.2) is 9.37 Å². The number of hydrogen-bond acceptors (Lipinski definition) is 2. The number of nitrogens with two attached hydrogens (primary N) is 1. The molecule has 0 saturated heterocycles. The number of imidazole rings is 1. The molecule has 0 amide bonds. The molecule has 0 fully saturated rings. The van der Waals surface area contributed by atoms with Crippen molar-refractivity contribution in [3.05, 3.63) is 46.7 Å². The Labute approximate surface area is 101 Å². The van der Waals surface area contributed by atoms with E-state index in [1.807, 2.05) is 11.5 Å². The van der Waals surface area contributed by atoms with Crippen molar-refractivity contribution in [2.45, 2.75) is 13.0 Å². The van der Waals surface area contributed by atoms with Gasteiger partial charge in [0.15, 0.2) is 0 Å². The Hall–Kier alpha value is -1.20. The molecule has 0 spiro atoms. The summed E-state index contributed by atoms with van der Waals surface area (Å²) in [7, 11) is 0. The van der Waals surface area contributed by atoms with Gasteiger partial charge in [-0.05, 0) is 41.1 Å². The van der Waals surface area contributed by atoms with Gasteiger partial charge >= 0.3 is 0 Å². The van der Waals surface area contributed by atoms with Crippen LogP contribution in [0.5, 0.6) is 0 Å². The van der Waals surface area contributed by atoms with Gasteiger partial charge in [0.1, 0.15) is 5.82 Å². The molecule has 2 rings (SSSR count). The second kappa shape index (κ2) is 4.35. The molecule has 0 saturated carbocycles. The van der Waals surface area contributed by atoms with Crippen LogP contribution in [-0.2, 0) is 0 Å². The predicted octanol–water partition coefficient (Wildman–Crippen LogP) is 2.79. The van der Waals surface area contributed by atoms with Crippen molar-refractivity contribution in [3.8, 4) is 5.69 Å². The van der Waals surface area contributed by atoms with Gasteiger partial charge in [0, 0.05) is 10.5 Å². The molecule has 0 unspecified atom stereocenters. The van der Waals surface area contributed by atoms with E-state index in [1.165, 1.54) is 12.1 Å². The summed E-state index contributed by atoms with van der Waals surface area (Å²) >= 11 is 3.32. The lowest BCUT2D eigenvalue weighted by Crippen LogP contribution is -2.10. The van der Waals surface area contributed by atoms with Crippen molar-refractivity contribution in [2.75, 3.05) is 0 Å². The maximum atomic E-state index is 13.0. The lowest BCUT2D eigenvalue weighted by atomic mass is 10.2. The van der Waals surface area contributed by atoms with Crippen molar-refractivity contribution in [2.24, 2.45) is 5.73 Å². The molecule has 2 aromatic rings. The van der Waals surface area contributed by atoms with Crippen molar-refractivity contribution < 1.29 is 4.39 Å². The molecular weight excluding hydrogens is 273 g/mol. The topological polar surface area (TPSA) is 43.8 Å². The highest BCUT2D eigenvalue weighted by Crippen LogP contribution is 2.24. The summed E-state index contributed by atoms with van der Waals surface area (Å²) in [5.41, 5.74) is 7.53. The fourth-order valence-electron chi connectivity index (χ4n) is 1.52. The summed E-state index contributed by atoms with van der Waals surface area (Å²) in [6, 6.07) is 4.39. The maximum absolute atomic E-state index is 13.0. The average Bonchev–Trinajstić information content (AvgIpc) is 2.66. The molecule has 84 valence electrons. The first-order valence-electron chi connectivity index (χ1n) is 4.83. The van der Waals surface area contributed by atoms with E-state index in [2.05, 4.69) is 20.9 Å². The molecule has 0 radical (unpaired) electrons. The normalized spacial score (nSPS) is 12.8. The van der Waals surface area contributed by atoms with E-state index in [0.717, 1.165) is 11.4 Å². The van der Waals surface area contributed by atoms with Crippen LogP contribution in [0.1, 0.15) is 18.7 Å². The van der Waals surface area contributed by atoms with Crippen LogP contribution in [0.2, 0.25) is 0 Å². The Morgan fingerprint density at radius 2 is 2.25 bits per heavy atom.